The third-order valence-corrected chi connectivity index (χ3v) is 3.00. The van der Waals surface area contributed by atoms with E-state index in [0.717, 1.165) is 12.8 Å². The van der Waals surface area contributed by atoms with E-state index in [2.05, 4.69) is 17.5 Å². The number of amides is 2. The van der Waals surface area contributed by atoms with Gasteiger partial charge in [0.15, 0.2) is 0 Å². The third-order valence-electron chi connectivity index (χ3n) is 3.00. The molecule has 1 aliphatic heterocycles. The summed E-state index contributed by atoms with van der Waals surface area (Å²) in [7, 11) is 0. The molecule has 80 valence electrons. The van der Waals surface area contributed by atoms with Crippen molar-refractivity contribution in [3.8, 4) is 0 Å². The monoisotopic (exact) mass is 205 g/mol. The van der Waals surface area contributed by atoms with Gasteiger partial charge in [0.05, 0.1) is 5.92 Å². The molecule has 0 aromatic carbocycles. The Bertz CT molecular complexity index is 366. The minimum Gasteiger partial charge on any atom is -0.296 e. The van der Waals surface area contributed by atoms with Crippen LogP contribution in [0.2, 0.25) is 0 Å². The molecule has 15 heavy (non-hydrogen) atoms. The maximum absolute atomic E-state index is 11.6. The number of nitrogens with one attached hydrogen (secondary N) is 1. The average Bonchev–Trinajstić information content (AvgIpc) is 2.17. The number of allylic oxidation sites excluding steroid dienone is 3. The lowest BCUT2D eigenvalue weighted by atomic mass is 9.84. The molecule has 1 fully saturated rings. The van der Waals surface area contributed by atoms with Crippen LogP contribution in [0, 0.1) is 5.92 Å². The highest BCUT2D eigenvalue weighted by Gasteiger charge is 2.29. The van der Waals surface area contributed by atoms with Crippen LogP contribution in [0.4, 0.5) is 0 Å². The van der Waals surface area contributed by atoms with Crippen molar-refractivity contribution in [2.24, 2.45) is 5.92 Å². The first kappa shape index (κ1) is 10.1. The first-order valence-electron chi connectivity index (χ1n) is 5.38. The van der Waals surface area contributed by atoms with E-state index in [0.29, 0.717) is 12.8 Å². The highest BCUT2D eigenvalue weighted by Crippen LogP contribution is 2.28. The molecule has 1 heterocycles. The molecule has 0 radical (unpaired) electrons. The van der Waals surface area contributed by atoms with Gasteiger partial charge in [-0.3, -0.25) is 14.9 Å². The zero-order chi connectivity index (χ0) is 10.8. The van der Waals surface area contributed by atoms with Crippen LogP contribution < -0.4 is 5.32 Å². The van der Waals surface area contributed by atoms with Crippen molar-refractivity contribution >= 4 is 11.8 Å². The normalized spacial score (nSPS) is 26.9. The minimum atomic E-state index is -0.139. The van der Waals surface area contributed by atoms with Gasteiger partial charge in [-0.15, -0.1) is 0 Å². The topological polar surface area (TPSA) is 46.2 Å². The van der Waals surface area contributed by atoms with E-state index in [9.17, 15) is 9.59 Å². The molecule has 1 aliphatic carbocycles. The zero-order valence-electron chi connectivity index (χ0n) is 8.88. The van der Waals surface area contributed by atoms with Gasteiger partial charge in [0.1, 0.15) is 0 Å². The summed E-state index contributed by atoms with van der Waals surface area (Å²) in [6, 6.07) is 0. The number of carbonyl (C=O) groups excluding carboxylic acids is 2. The highest BCUT2D eigenvalue weighted by molar-refractivity contribution is 5.99. The molecular weight excluding hydrogens is 190 g/mol. The molecule has 3 heteroatoms. The number of hydrogen-bond acceptors (Lipinski definition) is 2. The molecule has 0 saturated carbocycles. The smallest absolute Gasteiger partial charge is 0.233 e. The van der Waals surface area contributed by atoms with Gasteiger partial charge in [0.2, 0.25) is 11.8 Å². The van der Waals surface area contributed by atoms with Crippen LogP contribution in [0.15, 0.2) is 23.3 Å². The fraction of sp³-hybridized carbons (Fsp3) is 0.500. The van der Waals surface area contributed by atoms with Crippen molar-refractivity contribution < 1.29 is 9.59 Å². The van der Waals surface area contributed by atoms with Gasteiger partial charge in [0.25, 0.3) is 0 Å². The quantitative estimate of drug-likeness (QED) is 0.662. The van der Waals surface area contributed by atoms with E-state index in [1.807, 2.05) is 6.92 Å². The standard InChI is InChI=1S/C12H15NO2/c1-8-3-2-4-9(7-8)10-5-6-11(14)13-12(10)15/h3,7,10H,2,4-6H2,1H3,(H,13,14,15). The van der Waals surface area contributed by atoms with E-state index in [4.69, 9.17) is 0 Å². The molecule has 1 N–H and O–H groups in total. The van der Waals surface area contributed by atoms with E-state index < -0.39 is 0 Å². The molecule has 3 nitrogen and oxygen atoms in total. The van der Waals surface area contributed by atoms with Crippen molar-refractivity contribution in [2.75, 3.05) is 0 Å². The first-order valence-corrected chi connectivity index (χ1v) is 5.38. The summed E-state index contributed by atoms with van der Waals surface area (Å²) in [5.74, 6) is -0.335. The largest absolute Gasteiger partial charge is 0.296 e. The van der Waals surface area contributed by atoms with Crippen molar-refractivity contribution in [3.63, 3.8) is 0 Å². The Balaban J connectivity index is 2.14. The van der Waals surface area contributed by atoms with Crippen molar-refractivity contribution in [3.05, 3.63) is 23.3 Å². The number of carbonyl (C=O) groups is 2. The zero-order valence-corrected chi connectivity index (χ0v) is 8.88. The van der Waals surface area contributed by atoms with Gasteiger partial charge in [-0.05, 0) is 26.2 Å². The first-order chi connectivity index (χ1) is 7.16. The molecule has 1 saturated heterocycles. The second-order valence-corrected chi connectivity index (χ2v) is 4.21. The molecule has 2 aliphatic rings. The van der Waals surface area contributed by atoms with Gasteiger partial charge < -0.3 is 0 Å². The summed E-state index contributed by atoms with van der Waals surface area (Å²) in [5.41, 5.74) is 2.40. The molecule has 2 rings (SSSR count). The van der Waals surface area contributed by atoms with Gasteiger partial charge in [-0.25, -0.2) is 0 Å². The molecule has 2 amide bonds. The molecule has 0 spiro atoms. The maximum Gasteiger partial charge on any atom is 0.233 e. The molecule has 1 atom stereocenters. The van der Waals surface area contributed by atoms with Crippen LogP contribution in [-0.2, 0) is 9.59 Å². The van der Waals surface area contributed by atoms with Crippen LogP contribution >= 0.6 is 0 Å². The number of hydrogen-bond donors (Lipinski definition) is 1. The summed E-state index contributed by atoms with van der Waals surface area (Å²) in [4.78, 5) is 22.6. The summed E-state index contributed by atoms with van der Waals surface area (Å²) in [6.45, 7) is 2.05. The predicted octanol–water partition coefficient (Wildman–Crippen LogP) is 1.71. The van der Waals surface area contributed by atoms with Gasteiger partial charge >= 0.3 is 0 Å². The average molecular weight is 205 g/mol. The molecular formula is C12H15NO2. The summed E-state index contributed by atoms with van der Waals surface area (Å²) in [5, 5.41) is 2.40. The Labute approximate surface area is 89.2 Å². The van der Waals surface area contributed by atoms with Gasteiger partial charge in [-0.1, -0.05) is 23.3 Å². The van der Waals surface area contributed by atoms with E-state index in [-0.39, 0.29) is 17.7 Å². The summed E-state index contributed by atoms with van der Waals surface area (Å²) >= 11 is 0. The fourth-order valence-corrected chi connectivity index (χ4v) is 2.21. The van der Waals surface area contributed by atoms with E-state index >= 15 is 0 Å². The Morgan fingerprint density at radius 3 is 2.80 bits per heavy atom. The second kappa shape index (κ2) is 4.01. The molecule has 0 aromatic rings. The Hall–Kier alpha value is -1.38. The van der Waals surface area contributed by atoms with Crippen LogP contribution in [0.5, 0.6) is 0 Å². The summed E-state index contributed by atoms with van der Waals surface area (Å²) in [6.07, 6.45) is 7.36. The predicted molar refractivity (Wildman–Crippen MR) is 56.9 cm³/mol. The summed E-state index contributed by atoms with van der Waals surface area (Å²) < 4.78 is 0. The molecule has 0 bridgehead atoms. The fourth-order valence-electron chi connectivity index (χ4n) is 2.21. The Morgan fingerprint density at radius 1 is 1.33 bits per heavy atom. The SMILES string of the molecule is CC1=CCCC(C2CCC(=O)NC2=O)=C1. The van der Waals surface area contributed by atoms with E-state index in [1.54, 1.807) is 0 Å². The van der Waals surface area contributed by atoms with Crippen LogP contribution in [-0.4, -0.2) is 11.8 Å². The van der Waals surface area contributed by atoms with Crippen LogP contribution in [0.25, 0.3) is 0 Å². The number of imide groups is 1. The lowest BCUT2D eigenvalue weighted by Crippen LogP contribution is -2.41. The maximum atomic E-state index is 11.6. The highest BCUT2D eigenvalue weighted by atomic mass is 16.2. The third kappa shape index (κ3) is 2.17. The number of rotatable bonds is 1. The Morgan fingerprint density at radius 2 is 2.13 bits per heavy atom. The number of piperidine rings is 1. The van der Waals surface area contributed by atoms with Crippen LogP contribution in [0.3, 0.4) is 0 Å². The van der Waals surface area contributed by atoms with Crippen molar-refractivity contribution in [1.82, 2.24) is 5.32 Å². The minimum absolute atomic E-state index is 0.0775. The second-order valence-electron chi connectivity index (χ2n) is 4.21. The van der Waals surface area contributed by atoms with Gasteiger partial charge in [-0.2, -0.15) is 0 Å². The van der Waals surface area contributed by atoms with Gasteiger partial charge in [0, 0.05) is 6.42 Å². The van der Waals surface area contributed by atoms with Crippen molar-refractivity contribution in [2.45, 2.75) is 32.6 Å². The van der Waals surface area contributed by atoms with Crippen molar-refractivity contribution in [1.29, 1.82) is 0 Å². The lowest BCUT2D eigenvalue weighted by Gasteiger charge is -2.25. The lowest BCUT2D eigenvalue weighted by molar-refractivity contribution is -0.135. The van der Waals surface area contributed by atoms with E-state index in [1.165, 1.54) is 11.1 Å². The van der Waals surface area contributed by atoms with Crippen LogP contribution in [0.1, 0.15) is 32.6 Å². The molecule has 1 unspecified atom stereocenters. The molecule has 0 aromatic heterocycles. The Kier molecular flexibility index (Phi) is 2.71.